The molecule has 1 N–H and O–H groups in total. The lowest BCUT2D eigenvalue weighted by Gasteiger charge is -2.17. The van der Waals surface area contributed by atoms with E-state index >= 15 is 0 Å². The second kappa shape index (κ2) is 6.70. The summed E-state index contributed by atoms with van der Waals surface area (Å²) in [5, 5.41) is 2.72. The number of ether oxygens (including phenoxy) is 1. The van der Waals surface area contributed by atoms with Crippen LogP contribution in [0.1, 0.15) is 6.42 Å². The summed E-state index contributed by atoms with van der Waals surface area (Å²) in [5.74, 6) is -0.444. The van der Waals surface area contributed by atoms with Gasteiger partial charge in [0.25, 0.3) is 0 Å². The van der Waals surface area contributed by atoms with E-state index in [9.17, 15) is 14.0 Å². The summed E-state index contributed by atoms with van der Waals surface area (Å²) >= 11 is 0. The molecule has 3 rings (SSSR count). The summed E-state index contributed by atoms with van der Waals surface area (Å²) in [7, 11) is 1.58. The molecule has 0 aromatic heterocycles. The maximum atomic E-state index is 12.9. The van der Waals surface area contributed by atoms with Crippen molar-refractivity contribution in [1.29, 1.82) is 0 Å². The van der Waals surface area contributed by atoms with Crippen molar-refractivity contribution >= 4 is 23.2 Å². The summed E-state index contributed by atoms with van der Waals surface area (Å²) < 4.78 is 18.0. The van der Waals surface area contributed by atoms with Crippen molar-refractivity contribution in [2.24, 2.45) is 5.92 Å². The number of anilines is 2. The number of carbonyl (C=O) groups is 2. The van der Waals surface area contributed by atoms with Gasteiger partial charge >= 0.3 is 0 Å². The van der Waals surface area contributed by atoms with Crippen LogP contribution in [-0.4, -0.2) is 25.5 Å². The number of carbonyl (C=O) groups excluding carboxylic acids is 2. The lowest BCUT2D eigenvalue weighted by atomic mass is 10.1. The van der Waals surface area contributed by atoms with Crippen molar-refractivity contribution < 1.29 is 18.7 Å². The van der Waals surface area contributed by atoms with E-state index in [4.69, 9.17) is 4.74 Å². The van der Waals surface area contributed by atoms with Gasteiger partial charge in [0, 0.05) is 24.3 Å². The van der Waals surface area contributed by atoms with Crippen LogP contribution in [-0.2, 0) is 9.59 Å². The third-order valence-electron chi connectivity index (χ3n) is 3.99. The number of hydrogen-bond donors (Lipinski definition) is 1. The maximum Gasteiger partial charge on any atom is 0.229 e. The first-order valence-corrected chi connectivity index (χ1v) is 7.57. The summed E-state index contributed by atoms with van der Waals surface area (Å²) in [6, 6.07) is 12.7. The molecular formula is C18H17FN2O3. The van der Waals surface area contributed by atoms with Gasteiger partial charge in [-0.15, -0.1) is 0 Å². The minimum Gasteiger partial charge on any atom is -0.497 e. The van der Waals surface area contributed by atoms with Crippen LogP contribution in [0.4, 0.5) is 15.8 Å². The van der Waals surface area contributed by atoms with Gasteiger partial charge in [0.1, 0.15) is 11.6 Å². The first-order chi connectivity index (χ1) is 11.6. The van der Waals surface area contributed by atoms with Crippen LogP contribution in [0.5, 0.6) is 5.75 Å². The number of hydrogen-bond acceptors (Lipinski definition) is 3. The Bertz CT molecular complexity index is 744. The average molecular weight is 328 g/mol. The molecule has 1 aliphatic rings. The molecule has 2 aromatic carbocycles. The van der Waals surface area contributed by atoms with Crippen LogP contribution in [0, 0.1) is 11.7 Å². The van der Waals surface area contributed by atoms with E-state index in [1.165, 1.54) is 24.3 Å². The number of methoxy groups -OCH3 is 1. The second-order valence-electron chi connectivity index (χ2n) is 5.60. The quantitative estimate of drug-likeness (QED) is 0.939. The topological polar surface area (TPSA) is 58.6 Å². The van der Waals surface area contributed by atoms with Crippen molar-refractivity contribution in [3.8, 4) is 5.75 Å². The first-order valence-electron chi connectivity index (χ1n) is 7.57. The van der Waals surface area contributed by atoms with Gasteiger partial charge < -0.3 is 15.0 Å². The zero-order valence-electron chi connectivity index (χ0n) is 13.2. The van der Waals surface area contributed by atoms with E-state index in [2.05, 4.69) is 5.32 Å². The number of halogens is 1. The summed E-state index contributed by atoms with van der Waals surface area (Å²) in [4.78, 5) is 26.1. The normalized spacial score (nSPS) is 17.0. The van der Waals surface area contributed by atoms with Gasteiger partial charge in [-0.2, -0.15) is 0 Å². The van der Waals surface area contributed by atoms with Crippen LogP contribution in [0.3, 0.4) is 0 Å². The van der Waals surface area contributed by atoms with Crippen molar-refractivity contribution in [1.82, 2.24) is 0 Å². The van der Waals surface area contributed by atoms with Crippen LogP contribution in [0.25, 0.3) is 0 Å². The molecule has 2 amide bonds. The van der Waals surface area contributed by atoms with Gasteiger partial charge in [-0.05, 0) is 48.5 Å². The van der Waals surface area contributed by atoms with Crippen molar-refractivity contribution in [2.45, 2.75) is 6.42 Å². The highest BCUT2D eigenvalue weighted by atomic mass is 19.1. The molecule has 1 saturated heterocycles. The minimum absolute atomic E-state index is 0.0978. The first kappa shape index (κ1) is 16.0. The molecule has 0 saturated carbocycles. The highest BCUT2D eigenvalue weighted by Crippen LogP contribution is 2.27. The van der Waals surface area contributed by atoms with Crippen LogP contribution >= 0.6 is 0 Å². The third kappa shape index (κ3) is 3.37. The fraction of sp³-hybridized carbons (Fsp3) is 0.222. The number of rotatable bonds is 4. The van der Waals surface area contributed by atoms with E-state index in [1.807, 2.05) is 0 Å². The molecule has 1 atom stereocenters. The Labute approximate surface area is 139 Å². The molecule has 6 heteroatoms. The predicted octanol–water partition coefficient (Wildman–Crippen LogP) is 2.83. The highest BCUT2D eigenvalue weighted by molar-refractivity contribution is 6.03. The van der Waals surface area contributed by atoms with Crippen molar-refractivity contribution in [2.75, 3.05) is 23.9 Å². The highest BCUT2D eigenvalue weighted by Gasteiger charge is 2.35. The molecule has 0 spiro atoms. The maximum absolute atomic E-state index is 12.9. The smallest absolute Gasteiger partial charge is 0.229 e. The molecule has 0 unspecified atom stereocenters. The Morgan fingerprint density at radius 2 is 1.83 bits per heavy atom. The molecule has 0 radical (unpaired) electrons. The van der Waals surface area contributed by atoms with E-state index in [0.717, 1.165) is 5.69 Å². The van der Waals surface area contributed by atoms with E-state index in [-0.39, 0.29) is 24.1 Å². The standard InChI is InChI=1S/C18H17FN2O3/c1-24-16-8-6-15(7-9-16)21-11-12(10-17(21)22)18(23)20-14-4-2-13(19)3-5-14/h2-9,12H,10-11H2,1H3,(H,20,23)/t12-/m1/s1. The van der Waals surface area contributed by atoms with Crippen molar-refractivity contribution in [3.05, 3.63) is 54.3 Å². The summed E-state index contributed by atoms with van der Waals surface area (Å²) in [5.41, 5.74) is 1.25. The Morgan fingerprint density at radius 1 is 1.17 bits per heavy atom. The average Bonchev–Trinajstić information content (AvgIpc) is 2.99. The predicted molar refractivity (Wildman–Crippen MR) is 88.5 cm³/mol. The van der Waals surface area contributed by atoms with Gasteiger partial charge in [-0.3, -0.25) is 9.59 Å². The van der Waals surface area contributed by atoms with E-state index in [1.54, 1.807) is 36.3 Å². The molecule has 5 nitrogen and oxygen atoms in total. The van der Waals surface area contributed by atoms with E-state index < -0.39 is 5.92 Å². The van der Waals surface area contributed by atoms with Crippen LogP contribution < -0.4 is 15.0 Å². The molecule has 0 aliphatic carbocycles. The van der Waals surface area contributed by atoms with Gasteiger partial charge in [0.2, 0.25) is 11.8 Å². The Kier molecular flexibility index (Phi) is 4.46. The molecule has 1 aliphatic heterocycles. The number of nitrogens with zero attached hydrogens (tertiary/aromatic N) is 1. The minimum atomic E-state index is -0.440. The van der Waals surface area contributed by atoms with Crippen LogP contribution in [0.2, 0.25) is 0 Å². The molecule has 1 fully saturated rings. The molecule has 1 heterocycles. The summed E-state index contributed by atoms with van der Waals surface area (Å²) in [6.07, 6.45) is 0.152. The van der Waals surface area contributed by atoms with Gasteiger partial charge in [0.05, 0.1) is 13.0 Å². The van der Waals surface area contributed by atoms with Gasteiger partial charge in [0.15, 0.2) is 0 Å². The molecular weight excluding hydrogens is 311 g/mol. The Hall–Kier alpha value is -2.89. The Morgan fingerprint density at radius 3 is 2.46 bits per heavy atom. The van der Waals surface area contributed by atoms with Crippen molar-refractivity contribution in [3.63, 3.8) is 0 Å². The lowest BCUT2D eigenvalue weighted by molar-refractivity contribution is -0.122. The van der Waals surface area contributed by atoms with Crippen LogP contribution in [0.15, 0.2) is 48.5 Å². The zero-order chi connectivity index (χ0) is 17.1. The summed E-state index contributed by atoms with van der Waals surface area (Å²) in [6.45, 7) is 0.318. The number of benzene rings is 2. The van der Waals surface area contributed by atoms with Gasteiger partial charge in [-0.25, -0.2) is 4.39 Å². The molecule has 24 heavy (non-hydrogen) atoms. The monoisotopic (exact) mass is 328 g/mol. The molecule has 0 bridgehead atoms. The second-order valence-corrected chi connectivity index (χ2v) is 5.60. The molecule has 2 aromatic rings. The van der Waals surface area contributed by atoms with Gasteiger partial charge in [-0.1, -0.05) is 0 Å². The van der Waals surface area contributed by atoms with E-state index in [0.29, 0.717) is 18.0 Å². The number of amides is 2. The largest absolute Gasteiger partial charge is 0.497 e. The fourth-order valence-electron chi connectivity index (χ4n) is 2.67. The molecule has 124 valence electrons. The fourth-order valence-corrected chi connectivity index (χ4v) is 2.67. The zero-order valence-corrected chi connectivity index (χ0v) is 13.2. The Balaban J connectivity index is 1.67. The number of nitrogens with one attached hydrogen (secondary N) is 1. The third-order valence-corrected chi connectivity index (χ3v) is 3.99. The SMILES string of the molecule is COc1ccc(N2C[C@H](C(=O)Nc3ccc(F)cc3)CC2=O)cc1. The lowest BCUT2D eigenvalue weighted by Crippen LogP contribution is -2.28.